The van der Waals surface area contributed by atoms with Crippen molar-refractivity contribution < 1.29 is 4.79 Å². The van der Waals surface area contributed by atoms with E-state index >= 15 is 0 Å². The Morgan fingerprint density at radius 3 is 2.75 bits per heavy atom. The van der Waals surface area contributed by atoms with Crippen LogP contribution in [0, 0.1) is 17.8 Å². The van der Waals surface area contributed by atoms with Crippen molar-refractivity contribution >= 4 is 17.5 Å². The van der Waals surface area contributed by atoms with Crippen LogP contribution in [0.25, 0.3) is 0 Å². The highest BCUT2D eigenvalue weighted by atomic mass is 35.5. The Kier molecular flexibility index (Phi) is 4.12. The molecule has 0 heterocycles. The van der Waals surface area contributed by atoms with Crippen LogP contribution in [-0.4, -0.2) is 30.3 Å². The Bertz CT molecular complexity index is 256. The van der Waals surface area contributed by atoms with E-state index in [0.717, 1.165) is 30.7 Å². The van der Waals surface area contributed by atoms with Gasteiger partial charge in [0.25, 0.3) is 0 Å². The third-order valence-corrected chi connectivity index (χ3v) is 4.61. The molecule has 2 aliphatic rings. The highest BCUT2D eigenvalue weighted by molar-refractivity contribution is 6.17. The van der Waals surface area contributed by atoms with Crippen molar-refractivity contribution in [1.29, 1.82) is 0 Å². The summed E-state index contributed by atoms with van der Waals surface area (Å²) in [5.74, 6) is 3.52. The lowest BCUT2D eigenvalue weighted by Gasteiger charge is -2.27. The molecule has 1 amide bonds. The summed E-state index contributed by atoms with van der Waals surface area (Å²) >= 11 is 5.60. The monoisotopic (exact) mass is 243 g/mol. The second kappa shape index (κ2) is 5.39. The largest absolute Gasteiger partial charge is 0.345 e. The van der Waals surface area contributed by atoms with Gasteiger partial charge in [-0.25, -0.2) is 0 Å². The number of alkyl halides is 1. The number of amides is 1. The lowest BCUT2D eigenvalue weighted by molar-refractivity contribution is -0.130. The number of carbonyl (C=O) groups is 1. The van der Waals surface area contributed by atoms with E-state index in [1.54, 1.807) is 0 Å². The number of nitrogens with zero attached hydrogens (tertiary/aromatic N) is 1. The standard InChI is InChI=1S/C13H22ClNO/c1-15(13(16)3-2-6-14)9-12-8-10-4-5-11(12)7-10/h10-12H,2-9H2,1H3. The van der Waals surface area contributed by atoms with Crippen LogP contribution in [0.1, 0.15) is 38.5 Å². The van der Waals surface area contributed by atoms with E-state index in [9.17, 15) is 4.79 Å². The van der Waals surface area contributed by atoms with E-state index in [0.29, 0.717) is 12.3 Å². The maximum absolute atomic E-state index is 11.8. The van der Waals surface area contributed by atoms with Crippen molar-refractivity contribution in [3.63, 3.8) is 0 Å². The molecule has 0 aromatic rings. The SMILES string of the molecule is CN(CC1CC2CCC1C2)C(=O)CCCCl. The summed E-state index contributed by atoms with van der Waals surface area (Å²) in [7, 11) is 1.95. The van der Waals surface area contributed by atoms with Crippen molar-refractivity contribution in [2.75, 3.05) is 19.5 Å². The number of hydrogen-bond acceptors (Lipinski definition) is 1. The zero-order chi connectivity index (χ0) is 11.5. The minimum atomic E-state index is 0.267. The Labute approximate surface area is 103 Å². The summed E-state index contributed by atoms with van der Waals surface area (Å²) in [6.07, 6.45) is 7.04. The topological polar surface area (TPSA) is 20.3 Å². The van der Waals surface area contributed by atoms with Gasteiger partial charge in [-0.05, 0) is 43.4 Å². The Morgan fingerprint density at radius 2 is 2.19 bits per heavy atom. The van der Waals surface area contributed by atoms with Crippen LogP contribution in [0.2, 0.25) is 0 Å². The first kappa shape index (κ1) is 12.2. The molecule has 3 unspecified atom stereocenters. The molecule has 0 aromatic heterocycles. The molecule has 3 heteroatoms. The quantitative estimate of drug-likeness (QED) is 0.680. The molecule has 0 N–H and O–H groups in total. The second-order valence-electron chi connectivity index (χ2n) is 5.50. The minimum absolute atomic E-state index is 0.267. The summed E-state index contributed by atoms with van der Waals surface area (Å²) in [5.41, 5.74) is 0. The van der Waals surface area contributed by atoms with Gasteiger partial charge in [-0.2, -0.15) is 0 Å². The van der Waals surface area contributed by atoms with Gasteiger partial charge in [-0.15, -0.1) is 11.6 Å². The number of fused-ring (bicyclic) bond motifs is 2. The third kappa shape index (κ3) is 2.71. The van der Waals surface area contributed by atoms with Gasteiger partial charge < -0.3 is 4.90 Å². The maximum Gasteiger partial charge on any atom is 0.222 e. The molecule has 0 radical (unpaired) electrons. The molecular formula is C13H22ClNO. The van der Waals surface area contributed by atoms with Gasteiger partial charge in [-0.3, -0.25) is 4.79 Å². The maximum atomic E-state index is 11.8. The first-order chi connectivity index (χ1) is 7.70. The molecule has 16 heavy (non-hydrogen) atoms. The normalized spacial score (nSPS) is 32.0. The zero-order valence-electron chi connectivity index (χ0n) is 10.1. The molecule has 0 aliphatic heterocycles. The number of hydrogen-bond donors (Lipinski definition) is 0. The average Bonchev–Trinajstić information content (AvgIpc) is 2.87. The first-order valence-corrected chi connectivity index (χ1v) is 7.04. The van der Waals surface area contributed by atoms with Gasteiger partial charge in [0.1, 0.15) is 0 Å². The highest BCUT2D eigenvalue weighted by Crippen LogP contribution is 2.48. The molecule has 2 nitrogen and oxygen atoms in total. The van der Waals surface area contributed by atoms with Gasteiger partial charge in [-0.1, -0.05) is 6.42 Å². The fourth-order valence-electron chi connectivity index (χ4n) is 3.46. The van der Waals surface area contributed by atoms with Crippen LogP contribution < -0.4 is 0 Å². The lowest BCUT2D eigenvalue weighted by atomic mass is 9.88. The first-order valence-electron chi connectivity index (χ1n) is 6.50. The minimum Gasteiger partial charge on any atom is -0.345 e. The van der Waals surface area contributed by atoms with Gasteiger partial charge in [0.2, 0.25) is 5.91 Å². The van der Waals surface area contributed by atoms with E-state index < -0.39 is 0 Å². The fourth-order valence-corrected chi connectivity index (χ4v) is 3.60. The van der Waals surface area contributed by atoms with Crippen LogP contribution >= 0.6 is 11.6 Å². The molecule has 3 atom stereocenters. The molecular weight excluding hydrogens is 222 g/mol. The van der Waals surface area contributed by atoms with Crippen LogP contribution in [0.3, 0.4) is 0 Å². The van der Waals surface area contributed by atoms with E-state index in [4.69, 9.17) is 11.6 Å². The Balaban J connectivity index is 1.74. The zero-order valence-corrected chi connectivity index (χ0v) is 10.9. The van der Waals surface area contributed by atoms with Crippen molar-refractivity contribution in [1.82, 2.24) is 4.90 Å². The van der Waals surface area contributed by atoms with Crippen molar-refractivity contribution in [2.24, 2.45) is 17.8 Å². The Morgan fingerprint density at radius 1 is 1.38 bits per heavy atom. The molecule has 0 saturated heterocycles. The highest BCUT2D eigenvalue weighted by Gasteiger charge is 2.39. The predicted octanol–water partition coefficient (Wildman–Crippen LogP) is 2.90. The van der Waals surface area contributed by atoms with Crippen molar-refractivity contribution in [3.05, 3.63) is 0 Å². The van der Waals surface area contributed by atoms with E-state index in [-0.39, 0.29) is 5.91 Å². The summed E-state index contributed by atoms with van der Waals surface area (Å²) in [4.78, 5) is 13.7. The van der Waals surface area contributed by atoms with Crippen LogP contribution in [0.15, 0.2) is 0 Å². The number of rotatable bonds is 5. The van der Waals surface area contributed by atoms with Crippen molar-refractivity contribution in [2.45, 2.75) is 38.5 Å². The van der Waals surface area contributed by atoms with Crippen LogP contribution in [-0.2, 0) is 4.79 Å². The smallest absolute Gasteiger partial charge is 0.222 e. The Hall–Kier alpha value is -0.240. The fraction of sp³-hybridized carbons (Fsp3) is 0.923. The van der Waals surface area contributed by atoms with Gasteiger partial charge in [0.05, 0.1) is 0 Å². The van der Waals surface area contributed by atoms with E-state index in [1.165, 1.54) is 25.7 Å². The average molecular weight is 244 g/mol. The van der Waals surface area contributed by atoms with Gasteiger partial charge in [0.15, 0.2) is 0 Å². The van der Waals surface area contributed by atoms with Crippen LogP contribution in [0.5, 0.6) is 0 Å². The molecule has 92 valence electrons. The molecule has 0 spiro atoms. The summed E-state index contributed by atoms with van der Waals surface area (Å²) in [6, 6.07) is 0. The summed E-state index contributed by atoms with van der Waals surface area (Å²) < 4.78 is 0. The predicted molar refractivity (Wildman–Crippen MR) is 66.5 cm³/mol. The second-order valence-corrected chi connectivity index (χ2v) is 5.88. The summed E-state index contributed by atoms with van der Waals surface area (Å²) in [6.45, 7) is 0.974. The van der Waals surface area contributed by atoms with Gasteiger partial charge in [0, 0.05) is 25.9 Å². The van der Waals surface area contributed by atoms with Gasteiger partial charge >= 0.3 is 0 Å². The van der Waals surface area contributed by atoms with E-state index in [1.807, 2.05) is 11.9 Å². The molecule has 2 aliphatic carbocycles. The lowest BCUT2D eigenvalue weighted by Crippen LogP contribution is -2.33. The van der Waals surface area contributed by atoms with Crippen molar-refractivity contribution in [3.8, 4) is 0 Å². The van der Waals surface area contributed by atoms with E-state index in [2.05, 4.69) is 0 Å². The molecule has 2 bridgehead atoms. The molecule has 2 saturated carbocycles. The number of carbonyl (C=O) groups excluding carboxylic acids is 1. The molecule has 0 aromatic carbocycles. The number of halogens is 1. The van der Waals surface area contributed by atoms with Crippen LogP contribution in [0.4, 0.5) is 0 Å². The summed E-state index contributed by atoms with van der Waals surface area (Å²) in [5, 5.41) is 0. The molecule has 2 rings (SSSR count). The third-order valence-electron chi connectivity index (χ3n) is 4.34. The molecule has 2 fully saturated rings.